The summed E-state index contributed by atoms with van der Waals surface area (Å²) in [6.07, 6.45) is 5.25. The quantitative estimate of drug-likeness (QED) is 0.170. The maximum atomic E-state index is 2.71. The van der Waals surface area contributed by atoms with Crippen molar-refractivity contribution in [3.8, 4) is 0 Å². The number of allylic oxidation sites excluding steroid dienone is 4. The zero-order chi connectivity index (χ0) is 28.2. The number of nitrogens with zero attached hydrogens (tertiary/aromatic N) is 1. The minimum absolute atomic E-state index is 0.0806. The normalized spacial score (nSPS) is 20.4. The van der Waals surface area contributed by atoms with Crippen LogP contribution in [0, 0.1) is 5.41 Å². The van der Waals surface area contributed by atoms with Crippen molar-refractivity contribution in [1.29, 1.82) is 0 Å². The molecule has 42 heavy (non-hydrogen) atoms. The lowest BCUT2D eigenvalue weighted by Gasteiger charge is -2.46. The lowest BCUT2D eigenvalue weighted by atomic mass is 9.24. The van der Waals surface area contributed by atoms with Crippen molar-refractivity contribution < 1.29 is 0 Å². The van der Waals surface area contributed by atoms with Crippen LogP contribution >= 0.6 is 0 Å². The van der Waals surface area contributed by atoms with Crippen molar-refractivity contribution >= 4 is 82.9 Å². The van der Waals surface area contributed by atoms with E-state index < -0.39 is 0 Å². The Morgan fingerprint density at radius 1 is 0.667 bits per heavy atom. The highest BCUT2D eigenvalue weighted by Gasteiger charge is 2.52. The van der Waals surface area contributed by atoms with E-state index in [9.17, 15) is 0 Å². The molecule has 0 saturated carbocycles. The fourth-order valence-corrected chi connectivity index (χ4v) is 9.76. The zero-order valence-electron chi connectivity index (χ0n) is 25.1. The van der Waals surface area contributed by atoms with Crippen LogP contribution in [0.4, 0.5) is 0 Å². The number of benzene rings is 5. The molecule has 5 aromatic carbocycles. The Labute approximate surface area is 245 Å². The molecule has 2 aromatic heterocycles. The van der Waals surface area contributed by atoms with Gasteiger partial charge >= 0.3 is 0 Å². The molecule has 0 spiro atoms. The van der Waals surface area contributed by atoms with Gasteiger partial charge in [-0.15, -0.1) is 0 Å². The van der Waals surface area contributed by atoms with E-state index in [1.165, 1.54) is 81.9 Å². The molecule has 4 aliphatic rings. The summed E-state index contributed by atoms with van der Waals surface area (Å²) in [6.45, 7) is 14.6. The van der Waals surface area contributed by atoms with Gasteiger partial charge in [-0.1, -0.05) is 90.1 Å². The molecule has 0 amide bonds. The van der Waals surface area contributed by atoms with E-state index in [-0.39, 0.29) is 10.8 Å². The molecule has 0 bridgehead atoms. The van der Waals surface area contributed by atoms with E-state index in [0.29, 0.717) is 18.4 Å². The zero-order valence-corrected chi connectivity index (χ0v) is 25.1. The van der Waals surface area contributed by atoms with E-state index >= 15 is 0 Å². The fourth-order valence-electron chi connectivity index (χ4n) is 9.76. The summed E-state index contributed by atoms with van der Waals surface area (Å²) < 4.78 is 2.71. The monoisotopic (exact) mass is 537 g/mol. The van der Waals surface area contributed by atoms with Gasteiger partial charge in [-0.25, -0.2) is 0 Å². The number of hydrogen-bond acceptors (Lipinski definition) is 0. The first-order valence-corrected chi connectivity index (χ1v) is 15.7. The average molecular weight is 538 g/mol. The molecule has 1 aliphatic carbocycles. The third-order valence-electron chi connectivity index (χ3n) is 11.5. The number of hydrogen-bond donors (Lipinski definition) is 0. The minimum atomic E-state index is 0.0806. The molecule has 200 valence electrons. The number of aromatic nitrogens is 1. The standard InChI is InChI=1S/C40H32BN/c1-39(2,3)21-15-25-23-11-7-9-19-13-27-29-17-22(40(4,5)6)18-30-28-14-20-10-8-12-24-26(16-21)33(25)41-34(31(19)23)37(27)42(36(29)30)38(28)35(41)32(20)24/h7-18,25,33H,1-6H3. The summed E-state index contributed by atoms with van der Waals surface area (Å²) in [5.41, 5.74) is 15.2. The molecule has 2 heteroatoms. The molecule has 7 aromatic rings. The van der Waals surface area contributed by atoms with Crippen LogP contribution < -0.4 is 10.9 Å². The van der Waals surface area contributed by atoms with Gasteiger partial charge in [0.25, 0.3) is 0 Å². The lowest BCUT2D eigenvalue weighted by molar-refractivity contribution is 0.510. The highest BCUT2D eigenvalue weighted by molar-refractivity contribution is 6.96. The topological polar surface area (TPSA) is 4.41 Å². The summed E-state index contributed by atoms with van der Waals surface area (Å²) in [7, 11) is 0. The summed E-state index contributed by atoms with van der Waals surface area (Å²) in [5, 5.41) is 11.6. The van der Waals surface area contributed by atoms with Crippen LogP contribution in [-0.2, 0) is 5.41 Å². The Balaban J connectivity index is 1.49. The Bertz CT molecular complexity index is 2540. The Morgan fingerprint density at radius 3 is 1.95 bits per heavy atom. The van der Waals surface area contributed by atoms with E-state index in [1.807, 2.05) is 0 Å². The molecule has 0 N–H and O–H groups in total. The van der Waals surface area contributed by atoms with E-state index in [4.69, 9.17) is 0 Å². The van der Waals surface area contributed by atoms with Gasteiger partial charge in [0.15, 0.2) is 0 Å². The summed E-state index contributed by atoms with van der Waals surface area (Å²) in [5.74, 6) is 0.811. The minimum Gasteiger partial charge on any atom is -0.309 e. The SMILES string of the molecule is CC(C)(C)C1=CC2c3cccc4cc5c6cc(C(C)(C)C)cc7c8cc9cccc%10c9c9c8n(c5c(c34)B9C2C%10=C1)c76. The van der Waals surface area contributed by atoms with E-state index in [0.717, 1.165) is 0 Å². The fraction of sp³-hybridized carbons (Fsp3) is 0.250. The second-order valence-corrected chi connectivity index (χ2v) is 15.7. The van der Waals surface area contributed by atoms with E-state index in [2.05, 4.69) is 119 Å². The highest BCUT2D eigenvalue weighted by atomic mass is 14.9. The van der Waals surface area contributed by atoms with Crippen LogP contribution in [0.15, 0.2) is 78.4 Å². The maximum Gasteiger partial charge on any atom is 0.224 e. The smallest absolute Gasteiger partial charge is 0.224 e. The summed E-state index contributed by atoms with van der Waals surface area (Å²) in [6, 6.07) is 24.4. The van der Waals surface area contributed by atoms with Gasteiger partial charge < -0.3 is 4.40 Å². The van der Waals surface area contributed by atoms with Crippen molar-refractivity contribution in [1.82, 2.24) is 4.40 Å². The molecule has 11 rings (SSSR count). The Hall–Kier alpha value is -4.04. The lowest BCUT2D eigenvalue weighted by Crippen LogP contribution is -2.56. The molecule has 3 aliphatic heterocycles. The van der Waals surface area contributed by atoms with Crippen LogP contribution in [0.2, 0.25) is 5.82 Å². The average Bonchev–Trinajstić information content (AvgIpc) is 3.46. The molecular formula is C40H32BN. The third kappa shape index (κ3) is 2.24. The molecular weight excluding hydrogens is 505 g/mol. The van der Waals surface area contributed by atoms with Gasteiger partial charge in [-0.2, -0.15) is 0 Å². The van der Waals surface area contributed by atoms with Crippen LogP contribution in [0.25, 0.3) is 65.2 Å². The van der Waals surface area contributed by atoms with Gasteiger partial charge in [0, 0.05) is 38.5 Å². The van der Waals surface area contributed by atoms with Crippen LogP contribution in [0.3, 0.4) is 0 Å². The van der Waals surface area contributed by atoms with Crippen LogP contribution in [0.5, 0.6) is 0 Å². The first-order chi connectivity index (χ1) is 20.1. The molecule has 2 atom stereocenters. The second kappa shape index (κ2) is 6.47. The molecule has 0 fully saturated rings. The number of fused-ring (bicyclic) bond motifs is 4. The van der Waals surface area contributed by atoms with Crippen molar-refractivity contribution in [2.75, 3.05) is 0 Å². The first kappa shape index (κ1) is 22.5. The van der Waals surface area contributed by atoms with Crippen molar-refractivity contribution in [3.63, 3.8) is 0 Å². The molecule has 2 unspecified atom stereocenters. The molecule has 0 radical (unpaired) electrons. The van der Waals surface area contributed by atoms with Gasteiger partial charge in [0.05, 0.1) is 5.52 Å². The Morgan fingerprint density at radius 2 is 1.29 bits per heavy atom. The molecule has 0 saturated heterocycles. The van der Waals surface area contributed by atoms with Crippen LogP contribution in [0.1, 0.15) is 64.2 Å². The number of rotatable bonds is 0. The second-order valence-electron chi connectivity index (χ2n) is 15.7. The first-order valence-electron chi connectivity index (χ1n) is 15.7. The predicted molar refractivity (Wildman–Crippen MR) is 182 cm³/mol. The van der Waals surface area contributed by atoms with Gasteiger partial charge in [0.1, 0.15) is 0 Å². The van der Waals surface area contributed by atoms with Crippen molar-refractivity contribution in [2.45, 2.75) is 58.7 Å². The molecule has 5 heterocycles. The summed E-state index contributed by atoms with van der Waals surface area (Å²) >= 11 is 0. The maximum absolute atomic E-state index is 2.71. The molecule has 1 nitrogen and oxygen atoms in total. The van der Waals surface area contributed by atoms with E-state index in [1.54, 1.807) is 16.5 Å². The largest absolute Gasteiger partial charge is 0.309 e. The van der Waals surface area contributed by atoms with Gasteiger partial charge in [-0.05, 0) is 101 Å². The predicted octanol–water partition coefficient (Wildman–Crippen LogP) is 9.21. The summed E-state index contributed by atoms with van der Waals surface area (Å²) in [4.78, 5) is 0. The highest BCUT2D eigenvalue weighted by Crippen LogP contribution is 2.58. The Kier molecular flexibility index (Phi) is 3.47. The van der Waals surface area contributed by atoms with Gasteiger partial charge in [0.2, 0.25) is 6.71 Å². The van der Waals surface area contributed by atoms with Crippen molar-refractivity contribution in [3.05, 3.63) is 95.1 Å². The van der Waals surface area contributed by atoms with Crippen LogP contribution in [-0.4, -0.2) is 11.1 Å². The van der Waals surface area contributed by atoms with Crippen molar-refractivity contribution in [2.24, 2.45) is 5.41 Å². The van der Waals surface area contributed by atoms with Gasteiger partial charge in [-0.3, -0.25) is 0 Å². The third-order valence-corrected chi connectivity index (χ3v) is 11.5.